The highest BCUT2D eigenvalue weighted by Crippen LogP contribution is 2.36. The minimum absolute atomic E-state index is 0.135. The number of hydrogen-bond acceptors (Lipinski definition) is 3. The van der Waals surface area contributed by atoms with Gasteiger partial charge in [0, 0.05) is 5.92 Å². The molecule has 1 aliphatic carbocycles. The molecule has 122 valence electrons. The molecule has 1 fully saturated rings. The maximum absolute atomic E-state index is 13.0. The molecule has 0 saturated heterocycles. The number of halogens is 1. The van der Waals surface area contributed by atoms with Crippen LogP contribution >= 0.6 is 22.9 Å². The van der Waals surface area contributed by atoms with Crippen molar-refractivity contribution >= 4 is 44.2 Å². The highest BCUT2D eigenvalue weighted by Gasteiger charge is 2.31. The molecule has 1 aliphatic rings. The third-order valence-electron chi connectivity index (χ3n) is 4.49. The van der Waals surface area contributed by atoms with Crippen molar-refractivity contribution in [2.45, 2.75) is 25.8 Å². The summed E-state index contributed by atoms with van der Waals surface area (Å²) in [5.41, 5.74) is 1.88. The lowest BCUT2D eigenvalue weighted by Gasteiger charge is -2.30. The van der Waals surface area contributed by atoms with Crippen molar-refractivity contribution in [1.29, 1.82) is 0 Å². The molecule has 0 unspecified atom stereocenters. The summed E-state index contributed by atoms with van der Waals surface area (Å²) in [7, 11) is 0. The van der Waals surface area contributed by atoms with Crippen LogP contribution in [0.25, 0.3) is 10.2 Å². The summed E-state index contributed by atoms with van der Waals surface area (Å²) in [6.07, 6.45) is 3.10. The molecule has 1 saturated carbocycles. The second-order valence-corrected chi connectivity index (χ2v) is 7.54. The summed E-state index contributed by atoms with van der Waals surface area (Å²) in [5.74, 6) is 0.316. The van der Waals surface area contributed by atoms with Gasteiger partial charge in [-0.25, -0.2) is 4.98 Å². The number of carbonyl (C=O) groups is 1. The number of nitrogens with zero attached hydrogens (tertiary/aromatic N) is 2. The fourth-order valence-electron chi connectivity index (χ4n) is 2.90. The molecule has 0 aliphatic heterocycles. The molecule has 0 radical (unpaired) electrons. The SMILES string of the molecule is O=C(C1CCC1)N(Cc1ccccc1)c1nc2c(Cl)cccc2s1. The molecule has 3 nitrogen and oxygen atoms in total. The van der Waals surface area contributed by atoms with Crippen LogP contribution in [0.15, 0.2) is 48.5 Å². The lowest BCUT2D eigenvalue weighted by molar-refractivity contribution is -0.124. The van der Waals surface area contributed by atoms with Crippen molar-refractivity contribution in [2.75, 3.05) is 4.90 Å². The van der Waals surface area contributed by atoms with Crippen molar-refractivity contribution in [3.05, 3.63) is 59.1 Å². The number of aromatic nitrogens is 1. The lowest BCUT2D eigenvalue weighted by atomic mass is 9.84. The minimum Gasteiger partial charge on any atom is -0.283 e. The van der Waals surface area contributed by atoms with E-state index in [1.54, 1.807) is 0 Å². The summed E-state index contributed by atoms with van der Waals surface area (Å²) < 4.78 is 1.01. The number of amides is 1. The molecule has 4 rings (SSSR count). The first-order valence-electron chi connectivity index (χ1n) is 8.13. The average molecular weight is 357 g/mol. The number of anilines is 1. The quantitative estimate of drug-likeness (QED) is 0.637. The number of hydrogen-bond donors (Lipinski definition) is 0. The monoisotopic (exact) mass is 356 g/mol. The molecular weight excluding hydrogens is 340 g/mol. The van der Waals surface area contributed by atoms with Crippen molar-refractivity contribution in [3.63, 3.8) is 0 Å². The predicted molar refractivity (Wildman–Crippen MR) is 99.6 cm³/mol. The van der Waals surface area contributed by atoms with E-state index in [4.69, 9.17) is 11.6 Å². The summed E-state index contributed by atoms with van der Waals surface area (Å²) in [6.45, 7) is 0.549. The lowest BCUT2D eigenvalue weighted by Crippen LogP contribution is -2.38. The van der Waals surface area contributed by atoms with Crippen LogP contribution in [-0.4, -0.2) is 10.9 Å². The summed E-state index contributed by atoms with van der Waals surface area (Å²) in [6, 6.07) is 15.8. The Kier molecular flexibility index (Phi) is 4.25. The number of para-hydroxylation sites is 1. The Bertz CT molecular complexity index is 873. The maximum atomic E-state index is 13.0. The van der Waals surface area contributed by atoms with E-state index in [9.17, 15) is 4.79 Å². The topological polar surface area (TPSA) is 33.2 Å². The van der Waals surface area contributed by atoms with Crippen LogP contribution < -0.4 is 4.90 Å². The second-order valence-electron chi connectivity index (χ2n) is 6.12. The van der Waals surface area contributed by atoms with Gasteiger partial charge >= 0.3 is 0 Å². The molecule has 1 aromatic heterocycles. The van der Waals surface area contributed by atoms with E-state index in [1.165, 1.54) is 11.3 Å². The van der Waals surface area contributed by atoms with Gasteiger partial charge in [-0.2, -0.15) is 0 Å². The van der Waals surface area contributed by atoms with Crippen molar-refractivity contribution in [3.8, 4) is 0 Å². The normalized spacial score (nSPS) is 14.5. The first-order valence-corrected chi connectivity index (χ1v) is 9.32. The zero-order valence-electron chi connectivity index (χ0n) is 13.1. The van der Waals surface area contributed by atoms with Crippen molar-refractivity contribution in [2.24, 2.45) is 5.92 Å². The summed E-state index contributed by atoms with van der Waals surface area (Å²) >= 11 is 7.79. The molecular formula is C19H17ClN2OS. The maximum Gasteiger partial charge on any atom is 0.232 e. The van der Waals surface area contributed by atoms with Gasteiger partial charge in [0.1, 0.15) is 5.52 Å². The van der Waals surface area contributed by atoms with Crippen LogP contribution in [0.5, 0.6) is 0 Å². The highest BCUT2D eigenvalue weighted by molar-refractivity contribution is 7.22. The van der Waals surface area contributed by atoms with Gasteiger partial charge in [0.05, 0.1) is 16.3 Å². The molecule has 1 amide bonds. The zero-order valence-corrected chi connectivity index (χ0v) is 14.7. The fourth-order valence-corrected chi connectivity index (χ4v) is 4.17. The number of rotatable bonds is 4. The number of thiazole rings is 1. The van der Waals surface area contributed by atoms with Gasteiger partial charge in [-0.1, -0.05) is 65.8 Å². The molecule has 3 aromatic rings. The van der Waals surface area contributed by atoms with Gasteiger partial charge in [-0.05, 0) is 30.5 Å². The predicted octanol–water partition coefficient (Wildman–Crippen LogP) is 5.28. The van der Waals surface area contributed by atoms with Crippen LogP contribution in [0.2, 0.25) is 5.02 Å². The van der Waals surface area contributed by atoms with E-state index in [0.29, 0.717) is 11.6 Å². The van der Waals surface area contributed by atoms with E-state index < -0.39 is 0 Å². The molecule has 0 N–H and O–H groups in total. The van der Waals surface area contributed by atoms with E-state index in [1.807, 2.05) is 53.4 Å². The minimum atomic E-state index is 0.135. The van der Waals surface area contributed by atoms with E-state index >= 15 is 0 Å². The van der Waals surface area contributed by atoms with Crippen LogP contribution in [0, 0.1) is 5.92 Å². The molecule has 1 heterocycles. The Balaban J connectivity index is 1.72. The smallest absolute Gasteiger partial charge is 0.232 e. The van der Waals surface area contributed by atoms with E-state index in [2.05, 4.69) is 4.98 Å². The Morgan fingerprint density at radius 2 is 1.96 bits per heavy atom. The first-order chi connectivity index (χ1) is 11.7. The van der Waals surface area contributed by atoms with Gasteiger partial charge in [-0.3, -0.25) is 9.69 Å². The Hall–Kier alpha value is -1.91. The Morgan fingerprint density at radius 1 is 1.17 bits per heavy atom. The van der Waals surface area contributed by atoms with Gasteiger partial charge in [0.15, 0.2) is 5.13 Å². The first kappa shape index (κ1) is 15.6. The molecule has 0 atom stereocenters. The van der Waals surface area contributed by atoms with Crippen LogP contribution in [0.1, 0.15) is 24.8 Å². The molecule has 2 aromatic carbocycles. The van der Waals surface area contributed by atoms with Crippen molar-refractivity contribution < 1.29 is 4.79 Å². The molecule has 5 heteroatoms. The van der Waals surface area contributed by atoms with Crippen LogP contribution in [0.3, 0.4) is 0 Å². The number of carbonyl (C=O) groups excluding carboxylic acids is 1. The van der Waals surface area contributed by atoms with E-state index in [0.717, 1.165) is 40.2 Å². The average Bonchev–Trinajstić information content (AvgIpc) is 2.97. The largest absolute Gasteiger partial charge is 0.283 e. The Labute approximate surface area is 149 Å². The second kappa shape index (κ2) is 6.54. The molecule has 0 bridgehead atoms. The van der Waals surface area contributed by atoms with Crippen LogP contribution in [0.4, 0.5) is 5.13 Å². The third-order valence-corrected chi connectivity index (χ3v) is 5.84. The van der Waals surface area contributed by atoms with Crippen LogP contribution in [-0.2, 0) is 11.3 Å². The summed E-state index contributed by atoms with van der Waals surface area (Å²) in [4.78, 5) is 19.4. The van der Waals surface area contributed by atoms with Gasteiger partial charge in [0.25, 0.3) is 0 Å². The van der Waals surface area contributed by atoms with Gasteiger partial charge in [-0.15, -0.1) is 0 Å². The zero-order chi connectivity index (χ0) is 16.5. The Morgan fingerprint density at radius 3 is 2.62 bits per heavy atom. The van der Waals surface area contributed by atoms with E-state index in [-0.39, 0.29) is 11.8 Å². The fraction of sp³-hybridized carbons (Fsp3) is 0.263. The van der Waals surface area contributed by atoms with Crippen molar-refractivity contribution in [1.82, 2.24) is 4.98 Å². The molecule has 24 heavy (non-hydrogen) atoms. The highest BCUT2D eigenvalue weighted by atomic mass is 35.5. The standard InChI is InChI=1S/C19H17ClN2OS/c20-15-10-5-11-16-17(15)21-19(24-16)22(18(23)14-8-4-9-14)12-13-6-2-1-3-7-13/h1-3,5-7,10-11,14H,4,8-9,12H2. The third kappa shape index (κ3) is 2.92. The summed E-state index contributed by atoms with van der Waals surface area (Å²) in [5, 5.41) is 1.37. The number of benzene rings is 2. The van der Waals surface area contributed by atoms with Gasteiger partial charge in [0.2, 0.25) is 5.91 Å². The molecule has 0 spiro atoms. The van der Waals surface area contributed by atoms with Gasteiger partial charge < -0.3 is 0 Å². The number of fused-ring (bicyclic) bond motifs is 1.